The van der Waals surface area contributed by atoms with Crippen LogP contribution in [0.4, 0.5) is 0 Å². The minimum atomic E-state index is -0.163. The van der Waals surface area contributed by atoms with E-state index in [-0.39, 0.29) is 11.6 Å². The Hall–Kier alpha value is -1.81. The number of benzene rings is 1. The maximum Gasteiger partial charge on any atom is 0.154 e. The van der Waals surface area contributed by atoms with Crippen molar-refractivity contribution in [2.45, 2.75) is 51.7 Å². The molecule has 0 radical (unpaired) electrons. The van der Waals surface area contributed by atoms with Gasteiger partial charge < -0.3 is 15.0 Å². The van der Waals surface area contributed by atoms with E-state index >= 15 is 0 Å². The molecule has 2 aromatic rings. The molecule has 4 nitrogen and oxygen atoms in total. The average Bonchev–Trinajstić information content (AvgIpc) is 3.00. The summed E-state index contributed by atoms with van der Waals surface area (Å²) in [6.45, 7) is 6.31. The summed E-state index contributed by atoms with van der Waals surface area (Å²) in [5, 5.41) is 4.18. The van der Waals surface area contributed by atoms with Gasteiger partial charge in [0.2, 0.25) is 0 Å². The van der Waals surface area contributed by atoms with Crippen LogP contribution in [0.1, 0.15) is 51.0 Å². The van der Waals surface area contributed by atoms with Crippen molar-refractivity contribution in [2.24, 2.45) is 5.73 Å². The van der Waals surface area contributed by atoms with Crippen LogP contribution < -0.4 is 10.5 Å². The van der Waals surface area contributed by atoms with E-state index in [9.17, 15) is 0 Å². The van der Waals surface area contributed by atoms with Gasteiger partial charge in [-0.05, 0) is 31.9 Å². The highest BCUT2D eigenvalue weighted by atomic mass is 16.5. The Balaban J connectivity index is 1.95. The first-order valence-electron chi connectivity index (χ1n) is 7.53. The summed E-state index contributed by atoms with van der Waals surface area (Å²) in [5.41, 5.74) is 8.93. The van der Waals surface area contributed by atoms with Crippen LogP contribution in [-0.4, -0.2) is 10.8 Å². The van der Waals surface area contributed by atoms with Crippen LogP contribution >= 0.6 is 0 Å². The predicted octanol–water partition coefficient (Wildman–Crippen LogP) is 3.86. The lowest BCUT2D eigenvalue weighted by Gasteiger charge is -2.17. The Kier molecular flexibility index (Phi) is 3.49. The third-order valence-corrected chi connectivity index (χ3v) is 3.86. The molecule has 0 fully saturated rings. The smallest absolute Gasteiger partial charge is 0.154 e. The van der Waals surface area contributed by atoms with Crippen LogP contribution in [0.5, 0.6) is 5.75 Å². The molecule has 1 aliphatic heterocycles. The number of nitrogens with zero attached hydrogens (tertiary/aromatic N) is 1. The van der Waals surface area contributed by atoms with E-state index in [4.69, 9.17) is 15.0 Å². The third-order valence-electron chi connectivity index (χ3n) is 3.86. The van der Waals surface area contributed by atoms with Crippen LogP contribution in [0, 0.1) is 0 Å². The molecule has 1 aliphatic rings. The van der Waals surface area contributed by atoms with E-state index in [1.54, 1.807) is 0 Å². The zero-order chi connectivity index (χ0) is 15.0. The lowest BCUT2D eigenvalue weighted by Crippen LogP contribution is -2.24. The normalized spacial score (nSPS) is 17.3. The fraction of sp³-hybridized carbons (Fsp3) is 0.471. The Morgan fingerprint density at radius 2 is 2.19 bits per heavy atom. The summed E-state index contributed by atoms with van der Waals surface area (Å²) < 4.78 is 11.5. The van der Waals surface area contributed by atoms with Crippen molar-refractivity contribution >= 4 is 0 Å². The zero-order valence-corrected chi connectivity index (χ0v) is 12.8. The van der Waals surface area contributed by atoms with E-state index in [1.165, 1.54) is 5.56 Å². The van der Waals surface area contributed by atoms with Gasteiger partial charge in [-0.2, -0.15) is 0 Å². The summed E-state index contributed by atoms with van der Waals surface area (Å²) in [6, 6.07) is 8.01. The van der Waals surface area contributed by atoms with E-state index in [1.807, 2.05) is 18.2 Å². The highest BCUT2D eigenvalue weighted by Crippen LogP contribution is 2.42. The Bertz CT molecular complexity index is 646. The van der Waals surface area contributed by atoms with E-state index in [0.29, 0.717) is 0 Å². The van der Waals surface area contributed by atoms with Crippen molar-refractivity contribution in [3.8, 4) is 17.0 Å². The molecule has 1 unspecified atom stereocenters. The van der Waals surface area contributed by atoms with Gasteiger partial charge >= 0.3 is 0 Å². The molecular formula is C17H22N2O2. The van der Waals surface area contributed by atoms with Gasteiger partial charge in [-0.3, -0.25) is 0 Å². The summed E-state index contributed by atoms with van der Waals surface area (Å²) >= 11 is 0. The Morgan fingerprint density at radius 1 is 1.38 bits per heavy atom. The molecule has 0 aliphatic carbocycles. The number of fused-ring (bicyclic) bond motifs is 1. The second kappa shape index (κ2) is 5.19. The molecule has 0 bridgehead atoms. The van der Waals surface area contributed by atoms with Crippen LogP contribution in [0.3, 0.4) is 0 Å². The van der Waals surface area contributed by atoms with Crippen LogP contribution in [0.25, 0.3) is 11.3 Å². The van der Waals surface area contributed by atoms with Gasteiger partial charge in [-0.25, -0.2) is 0 Å². The number of nitrogens with two attached hydrogens (primary N) is 1. The maximum atomic E-state index is 6.09. The molecule has 1 atom stereocenters. The molecule has 0 saturated heterocycles. The highest BCUT2D eigenvalue weighted by Gasteiger charge is 2.32. The average molecular weight is 286 g/mol. The van der Waals surface area contributed by atoms with Crippen LogP contribution in [0.15, 0.2) is 28.8 Å². The largest absolute Gasteiger partial charge is 0.487 e. The van der Waals surface area contributed by atoms with Crippen molar-refractivity contribution in [2.75, 3.05) is 0 Å². The predicted molar refractivity (Wildman–Crippen MR) is 82.2 cm³/mol. The summed E-state index contributed by atoms with van der Waals surface area (Å²) in [5.74, 6) is 1.66. The SMILES string of the molecule is CCCC(N)c1cc(-c2cccc3c2OC(C)(C)C3)no1. The van der Waals surface area contributed by atoms with Crippen LogP contribution in [-0.2, 0) is 6.42 Å². The van der Waals surface area contributed by atoms with Gasteiger partial charge in [0, 0.05) is 18.1 Å². The van der Waals surface area contributed by atoms with Gasteiger partial charge in [-0.1, -0.05) is 30.6 Å². The maximum absolute atomic E-state index is 6.09. The molecule has 0 saturated carbocycles. The van der Waals surface area contributed by atoms with Crippen molar-refractivity contribution in [1.82, 2.24) is 5.16 Å². The number of hydrogen-bond acceptors (Lipinski definition) is 4. The molecule has 0 amide bonds. The second-order valence-corrected chi connectivity index (χ2v) is 6.34. The molecule has 112 valence electrons. The quantitative estimate of drug-likeness (QED) is 0.927. The first-order valence-corrected chi connectivity index (χ1v) is 7.53. The fourth-order valence-electron chi connectivity index (χ4n) is 2.86. The number of para-hydroxylation sites is 1. The Morgan fingerprint density at radius 3 is 2.95 bits per heavy atom. The highest BCUT2D eigenvalue weighted by molar-refractivity contribution is 5.70. The Labute approximate surface area is 125 Å². The molecule has 3 rings (SSSR count). The van der Waals surface area contributed by atoms with E-state index in [0.717, 1.165) is 42.0 Å². The molecule has 1 aromatic carbocycles. The monoisotopic (exact) mass is 286 g/mol. The molecule has 1 aromatic heterocycles. The molecule has 0 spiro atoms. The molecular weight excluding hydrogens is 264 g/mol. The summed E-state index contributed by atoms with van der Waals surface area (Å²) in [4.78, 5) is 0. The lowest BCUT2D eigenvalue weighted by atomic mass is 9.99. The number of ether oxygens (including phenoxy) is 1. The van der Waals surface area contributed by atoms with Gasteiger partial charge in [0.25, 0.3) is 0 Å². The van der Waals surface area contributed by atoms with Crippen molar-refractivity contribution in [3.63, 3.8) is 0 Å². The van der Waals surface area contributed by atoms with Crippen molar-refractivity contribution in [1.29, 1.82) is 0 Å². The minimum absolute atomic E-state index is 0.0922. The lowest BCUT2D eigenvalue weighted by molar-refractivity contribution is 0.139. The standard InChI is InChI=1S/C17H22N2O2/c1-4-6-13(18)15-9-14(19-21-15)12-8-5-7-11-10-17(2,3)20-16(11)12/h5,7-9,13H,4,6,10,18H2,1-3H3. The molecule has 2 heterocycles. The number of aromatic nitrogens is 1. The van der Waals surface area contributed by atoms with E-state index in [2.05, 4.69) is 32.0 Å². The summed E-state index contributed by atoms with van der Waals surface area (Å²) in [7, 11) is 0. The minimum Gasteiger partial charge on any atom is -0.487 e. The van der Waals surface area contributed by atoms with Gasteiger partial charge in [0.1, 0.15) is 17.0 Å². The summed E-state index contributed by atoms with van der Waals surface area (Å²) in [6.07, 6.45) is 2.83. The van der Waals surface area contributed by atoms with Gasteiger partial charge in [-0.15, -0.1) is 0 Å². The van der Waals surface area contributed by atoms with Gasteiger partial charge in [0.05, 0.1) is 6.04 Å². The molecule has 21 heavy (non-hydrogen) atoms. The second-order valence-electron chi connectivity index (χ2n) is 6.34. The van der Waals surface area contributed by atoms with Crippen LogP contribution in [0.2, 0.25) is 0 Å². The topological polar surface area (TPSA) is 61.3 Å². The zero-order valence-electron chi connectivity index (χ0n) is 12.8. The van der Waals surface area contributed by atoms with Crippen molar-refractivity contribution < 1.29 is 9.26 Å². The van der Waals surface area contributed by atoms with E-state index < -0.39 is 0 Å². The first kappa shape index (κ1) is 14.1. The molecule has 2 N–H and O–H groups in total. The molecule has 4 heteroatoms. The van der Waals surface area contributed by atoms with Gasteiger partial charge in [0.15, 0.2) is 5.76 Å². The number of rotatable bonds is 4. The first-order chi connectivity index (χ1) is 10.00. The fourth-order valence-corrected chi connectivity index (χ4v) is 2.86. The third kappa shape index (κ3) is 2.68. The van der Waals surface area contributed by atoms with Crippen molar-refractivity contribution in [3.05, 3.63) is 35.6 Å². The number of hydrogen-bond donors (Lipinski definition) is 1.